The minimum Gasteiger partial charge on any atom is -0.481 e. The molecule has 2 aliphatic rings. The smallest absolute Gasteiger partial charge is 0.314 e. The molecule has 0 bridgehead atoms. The van der Waals surface area contributed by atoms with E-state index >= 15 is 0 Å². The number of aliphatic carboxylic acids is 1. The molecular formula is C16H22N2O2. The highest BCUT2D eigenvalue weighted by atomic mass is 16.4. The van der Waals surface area contributed by atoms with Crippen LogP contribution in [0, 0.1) is 0 Å². The summed E-state index contributed by atoms with van der Waals surface area (Å²) in [4.78, 5) is 16.4. The van der Waals surface area contributed by atoms with Crippen LogP contribution in [0.5, 0.6) is 0 Å². The van der Waals surface area contributed by atoms with Crippen LogP contribution in [0.1, 0.15) is 24.8 Å². The van der Waals surface area contributed by atoms with Crippen LogP contribution in [0.4, 0.5) is 5.69 Å². The van der Waals surface area contributed by atoms with Gasteiger partial charge in [0.25, 0.3) is 0 Å². The number of likely N-dealkylation sites (N-methyl/N-ethyl adjacent to an activating group) is 1. The number of rotatable bonds is 3. The molecule has 2 fully saturated rings. The van der Waals surface area contributed by atoms with Crippen molar-refractivity contribution >= 4 is 11.7 Å². The number of piperazine rings is 1. The van der Waals surface area contributed by atoms with Gasteiger partial charge in [-0.3, -0.25) is 4.79 Å². The molecule has 3 rings (SSSR count). The Bertz CT molecular complexity index is 503. The first kappa shape index (κ1) is 13.4. The third kappa shape index (κ3) is 2.08. The van der Waals surface area contributed by atoms with Crippen molar-refractivity contribution in [1.82, 2.24) is 4.90 Å². The Balaban J connectivity index is 1.94. The fourth-order valence-corrected chi connectivity index (χ4v) is 3.33. The monoisotopic (exact) mass is 274 g/mol. The molecule has 0 atom stereocenters. The summed E-state index contributed by atoms with van der Waals surface area (Å²) < 4.78 is 0. The molecule has 1 saturated heterocycles. The number of benzene rings is 1. The zero-order chi connectivity index (χ0) is 14.2. The van der Waals surface area contributed by atoms with Gasteiger partial charge >= 0.3 is 5.97 Å². The summed E-state index contributed by atoms with van der Waals surface area (Å²) in [5.41, 5.74) is 1.51. The molecule has 0 aromatic heterocycles. The predicted molar refractivity (Wildman–Crippen MR) is 79.3 cm³/mol. The molecule has 0 radical (unpaired) electrons. The van der Waals surface area contributed by atoms with E-state index < -0.39 is 11.4 Å². The van der Waals surface area contributed by atoms with Crippen molar-refractivity contribution in [2.24, 2.45) is 0 Å². The Labute approximate surface area is 120 Å². The Morgan fingerprint density at radius 2 is 1.80 bits per heavy atom. The number of hydrogen-bond donors (Lipinski definition) is 1. The number of carboxylic acid groups (broad SMARTS) is 1. The molecule has 4 heteroatoms. The average Bonchev–Trinajstić information content (AvgIpc) is 2.39. The molecule has 1 saturated carbocycles. The van der Waals surface area contributed by atoms with E-state index in [0.29, 0.717) is 0 Å². The van der Waals surface area contributed by atoms with Crippen LogP contribution in [0.15, 0.2) is 24.3 Å². The number of carbonyl (C=O) groups is 1. The van der Waals surface area contributed by atoms with Crippen molar-refractivity contribution in [3.05, 3.63) is 29.8 Å². The molecule has 1 aromatic carbocycles. The predicted octanol–water partition coefficient (Wildman–Crippen LogP) is 1.94. The third-order valence-corrected chi connectivity index (χ3v) is 4.88. The molecule has 1 aliphatic carbocycles. The standard InChI is InChI=1S/C16H22N2O2/c1-17-9-11-18(12-10-17)14-6-3-2-5-13(14)16(15(19)20)7-4-8-16/h2-3,5-6H,4,7-12H2,1H3,(H,19,20). The third-order valence-electron chi connectivity index (χ3n) is 4.88. The van der Waals surface area contributed by atoms with Gasteiger partial charge in [0.15, 0.2) is 0 Å². The van der Waals surface area contributed by atoms with Gasteiger partial charge in [0, 0.05) is 31.9 Å². The van der Waals surface area contributed by atoms with E-state index in [2.05, 4.69) is 22.9 Å². The molecule has 0 spiro atoms. The van der Waals surface area contributed by atoms with E-state index in [4.69, 9.17) is 0 Å². The summed E-state index contributed by atoms with van der Waals surface area (Å²) in [6.07, 6.45) is 2.56. The molecule has 1 heterocycles. The van der Waals surface area contributed by atoms with Gasteiger partial charge in [-0.1, -0.05) is 24.6 Å². The average molecular weight is 274 g/mol. The molecule has 4 nitrogen and oxygen atoms in total. The van der Waals surface area contributed by atoms with Crippen LogP contribution >= 0.6 is 0 Å². The van der Waals surface area contributed by atoms with Crippen molar-refractivity contribution < 1.29 is 9.90 Å². The molecule has 20 heavy (non-hydrogen) atoms. The second-order valence-electron chi connectivity index (χ2n) is 6.05. The minimum absolute atomic E-state index is 0.639. The van der Waals surface area contributed by atoms with E-state index in [9.17, 15) is 9.90 Å². The lowest BCUT2D eigenvalue weighted by atomic mass is 9.64. The topological polar surface area (TPSA) is 43.8 Å². The first-order valence-corrected chi connectivity index (χ1v) is 7.40. The maximum Gasteiger partial charge on any atom is 0.314 e. The van der Waals surface area contributed by atoms with Gasteiger partial charge in [0.1, 0.15) is 0 Å². The minimum atomic E-state index is -0.662. The molecule has 0 amide bonds. The Hall–Kier alpha value is -1.55. The number of para-hydroxylation sites is 1. The van der Waals surface area contributed by atoms with Gasteiger partial charge < -0.3 is 14.9 Å². The van der Waals surface area contributed by atoms with E-state index in [1.807, 2.05) is 18.2 Å². The lowest BCUT2D eigenvalue weighted by Crippen LogP contribution is -2.47. The molecule has 1 aliphatic heterocycles. The summed E-state index contributed by atoms with van der Waals surface area (Å²) in [6, 6.07) is 8.09. The SMILES string of the molecule is CN1CCN(c2ccccc2C2(C(=O)O)CCC2)CC1. The fraction of sp³-hybridized carbons (Fsp3) is 0.562. The second-order valence-corrected chi connectivity index (χ2v) is 6.05. The first-order valence-electron chi connectivity index (χ1n) is 7.40. The van der Waals surface area contributed by atoms with E-state index in [0.717, 1.165) is 56.7 Å². The van der Waals surface area contributed by atoms with Crippen LogP contribution < -0.4 is 4.90 Å². The normalized spacial score (nSPS) is 22.4. The first-order chi connectivity index (χ1) is 9.63. The number of anilines is 1. The van der Waals surface area contributed by atoms with Crippen LogP contribution in [0.25, 0.3) is 0 Å². The van der Waals surface area contributed by atoms with Crippen LogP contribution in [0.2, 0.25) is 0 Å². The van der Waals surface area contributed by atoms with Crippen molar-refractivity contribution in [2.75, 3.05) is 38.1 Å². The molecular weight excluding hydrogens is 252 g/mol. The molecule has 0 unspecified atom stereocenters. The molecule has 1 N–H and O–H groups in total. The lowest BCUT2D eigenvalue weighted by molar-refractivity contribution is -0.147. The largest absolute Gasteiger partial charge is 0.481 e. The van der Waals surface area contributed by atoms with E-state index in [1.165, 1.54) is 0 Å². The van der Waals surface area contributed by atoms with E-state index in [1.54, 1.807) is 0 Å². The van der Waals surface area contributed by atoms with Gasteiger partial charge in [-0.25, -0.2) is 0 Å². The highest BCUT2D eigenvalue weighted by Gasteiger charge is 2.47. The fourth-order valence-electron chi connectivity index (χ4n) is 3.33. The molecule has 1 aromatic rings. The van der Waals surface area contributed by atoms with Crippen molar-refractivity contribution in [3.8, 4) is 0 Å². The van der Waals surface area contributed by atoms with Crippen molar-refractivity contribution in [1.29, 1.82) is 0 Å². The summed E-state index contributed by atoms with van der Waals surface area (Å²) in [5.74, 6) is -0.662. The van der Waals surface area contributed by atoms with Crippen LogP contribution in [0.3, 0.4) is 0 Å². The summed E-state index contributed by atoms with van der Waals surface area (Å²) in [5, 5.41) is 9.68. The van der Waals surface area contributed by atoms with Crippen molar-refractivity contribution in [3.63, 3.8) is 0 Å². The quantitative estimate of drug-likeness (QED) is 0.915. The maximum atomic E-state index is 11.8. The lowest BCUT2D eigenvalue weighted by Gasteiger charge is -2.42. The summed E-state index contributed by atoms with van der Waals surface area (Å²) >= 11 is 0. The Morgan fingerprint density at radius 3 is 2.35 bits per heavy atom. The summed E-state index contributed by atoms with van der Waals surface area (Å²) in [6.45, 7) is 4.02. The van der Waals surface area contributed by atoms with E-state index in [-0.39, 0.29) is 0 Å². The number of nitrogens with zero attached hydrogens (tertiary/aromatic N) is 2. The molecule has 108 valence electrons. The van der Waals surface area contributed by atoms with Crippen molar-refractivity contribution in [2.45, 2.75) is 24.7 Å². The van der Waals surface area contributed by atoms with Gasteiger partial charge in [-0.15, -0.1) is 0 Å². The van der Waals surface area contributed by atoms with Crippen LogP contribution in [-0.4, -0.2) is 49.2 Å². The maximum absolute atomic E-state index is 11.8. The number of hydrogen-bond acceptors (Lipinski definition) is 3. The summed E-state index contributed by atoms with van der Waals surface area (Å²) in [7, 11) is 2.13. The Morgan fingerprint density at radius 1 is 1.15 bits per heavy atom. The van der Waals surface area contributed by atoms with Gasteiger partial charge in [-0.2, -0.15) is 0 Å². The highest BCUT2D eigenvalue weighted by Crippen LogP contribution is 2.47. The van der Waals surface area contributed by atoms with Gasteiger partial charge in [0.05, 0.1) is 5.41 Å². The zero-order valence-electron chi connectivity index (χ0n) is 12.0. The second kappa shape index (κ2) is 5.09. The number of carboxylic acids is 1. The zero-order valence-corrected chi connectivity index (χ0v) is 12.0. The van der Waals surface area contributed by atoms with Crippen LogP contribution in [-0.2, 0) is 10.2 Å². The van der Waals surface area contributed by atoms with Gasteiger partial charge in [0.2, 0.25) is 0 Å². The Kier molecular flexibility index (Phi) is 3.42. The van der Waals surface area contributed by atoms with Gasteiger partial charge in [-0.05, 0) is 31.5 Å². The highest BCUT2D eigenvalue weighted by molar-refractivity contribution is 5.85.